The van der Waals surface area contributed by atoms with Crippen LogP contribution in [0.3, 0.4) is 0 Å². The minimum Gasteiger partial charge on any atom is -0.444 e. The second-order valence-electron chi connectivity index (χ2n) is 17.5. The number of rotatable bonds is 8. The van der Waals surface area contributed by atoms with Gasteiger partial charge in [-0.1, -0.05) is 87.9 Å². The number of β-amino-alcohol motifs (C(OH)–C–C–N with tert-alkyl or cyclic N) is 1. The van der Waals surface area contributed by atoms with Gasteiger partial charge in [-0.15, -0.1) is 0 Å². The van der Waals surface area contributed by atoms with E-state index in [4.69, 9.17) is 9.73 Å². The summed E-state index contributed by atoms with van der Waals surface area (Å²) in [6.45, 7) is 18.1. The maximum Gasteiger partial charge on any atom is 0.410 e. The summed E-state index contributed by atoms with van der Waals surface area (Å²) in [5.74, 6) is 0.569. The molecule has 0 spiro atoms. The molecular weight excluding hydrogens is 653 g/mol. The van der Waals surface area contributed by atoms with E-state index in [2.05, 4.69) is 79.1 Å². The molecule has 2 aromatic rings. The molecule has 0 radical (unpaired) electrons. The number of urea groups is 1. The Kier molecular flexibility index (Phi) is 11.8. The van der Waals surface area contributed by atoms with E-state index in [9.17, 15) is 9.90 Å². The minimum atomic E-state index is -0.781. The van der Waals surface area contributed by atoms with Crippen molar-refractivity contribution in [1.29, 1.82) is 0 Å². The van der Waals surface area contributed by atoms with E-state index >= 15 is 4.79 Å². The van der Waals surface area contributed by atoms with E-state index < -0.39 is 23.2 Å². The zero-order valence-corrected chi connectivity index (χ0v) is 32.4. The second-order valence-corrected chi connectivity index (χ2v) is 17.5. The van der Waals surface area contributed by atoms with Crippen molar-refractivity contribution in [2.24, 2.45) is 16.3 Å². The summed E-state index contributed by atoms with van der Waals surface area (Å²) in [7, 11) is 0. The predicted molar refractivity (Wildman–Crippen MR) is 206 cm³/mol. The number of piperidine rings is 2. The lowest BCUT2D eigenvalue weighted by molar-refractivity contribution is 0.0269. The van der Waals surface area contributed by atoms with E-state index in [1.807, 2.05) is 42.7 Å². The Morgan fingerprint density at radius 2 is 1.48 bits per heavy atom. The van der Waals surface area contributed by atoms with Crippen LogP contribution in [0.1, 0.15) is 90.8 Å². The molecule has 0 aliphatic carbocycles. The fourth-order valence-electron chi connectivity index (χ4n) is 8.57. The maximum atomic E-state index is 15.1. The van der Waals surface area contributed by atoms with Gasteiger partial charge in [0.25, 0.3) is 0 Å². The van der Waals surface area contributed by atoms with Crippen LogP contribution in [0.2, 0.25) is 0 Å². The minimum absolute atomic E-state index is 0.00883. The van der Waals surface area contributed by atoms with E-state index in [1.54, 1.807) is 4.90 Å². The Balaban J connectivity index is 1.33. The van der Waals surface area contributed by atoms with Crippen molar-refractivity contribution in [3.8, 4) is 0 Å². The molecule has 1 unspecified atom stereocenters. The normalized spacial score (nSPS) is 24.2. The molecule has 2 aromatic carbocycles. The molecule has 52 heavy (non-hydrogen) atoms. The molecule has 0 bridgehead atoms. The van der Waals surface area contributed by atoms with Crippen LogP contribution in [-0.2, 0) is 11.3 Å². The van der Waals surface area contributed by atoms with Crippen LogP contribution in [0.5, 0.6) is 0 Å². The van der Waals surface area contributed by atoms with Crippen molar-refractivity contribution < 1.29 is 19.4 Å². The van der Waals surface area contributed by atoms with Gasteiger partial charge >= 0.3 is 12.1 Å². The van der Waals surface area contributed by atoms with Gasteiger partial charge in [-0.3, -0.25) is 4.99 Å². The van der Waals surface area contributed by atoms with Gasteiger partial charge in [-0.25, -0.2) is 9.59 Å². The van der Waals surface area contributed by atoms with Gasteiger partial charge in [0.15, 0.2) is 0 Å². The Labute approximate surface area is 311 Å². The van der Waals surface area contributed by atoms with Crippen LogP contribution >= 0.6 is 0 Å². The summed E-state index contributed by atoms with van der Waals surface area (Å²) in [6, 6.07) is 21.0. The number of benzene rings is 2. The van der Waals surface area contributed by atoms with E-state index in [-0.39, 0.29) is 30.6 Å². The summed E-state index contributed by atoms with van der Waals surface area (Å²) < 4.78 is 5.69. The smallest absolute Gasteiger partial charge is 0.410 e. The highest BCUT2D eigenvalue weighted by Gasteiger charge is 2.47. The Morgan fingerprint density at radius 1 is 0.846 bits per heavy atom. The highest BCUT2D eigenvalue weighted by Crippen LogP contribution is 2.36. The SMILES string of the molecule is CC(C)(C)OC(=O)N1C[C@H](CN(C(=O)N2CCC(N3CCCCC3)CC2)[C@@H](C2=NC(c3ccccc3)CN2Cc2ccccc2)C(C)(C)C)[C@@H](O)C1. The molecule has 4 aliphatic rings. The third kappa shape index (κ3) is 9.29. The summed E-state index contributed by atoms with van der Waals surface area (Å²) >= 11 is 0. The zero-order valence-electron chi connectivity index (χ0n) is 32.4. The fraction of sp³-hybridized carbons (Fsp3) is 0.643. The highest BCUT2D eigenvalue weighted by atomic mass is 16.6. The number of ether oxygens (including phenoxy) is 1. The fourth-order valence-corrected chi connectivity index (χ4v) is 8.57. The summed E-state index contributed by atoms with van der Waals surface area (Å²) in [4.78, 5) is 44.4. The van der Waals surface area contributed by atoms with Gasteiger partial charge in [0.2, 0.25) is 0 Å². The molecule has 4 atom stereocenters. The third-order valence-electron chi connectivity index (χ3n) is 11.2. The van der Waals surface area contributed by atoms with Crippen LogP contribution in [0, 0.1) is 11.3 Å². The molecule has 10 nitrogen and oxygen atoms in total. The van der Waals surface area contributed by atoms with Crippen LogP contribution in [0.4, 0.5) is 9.59 Å². The molecule has 3 amide bonds. The molecule has 4 aliphatic heterocycles. The van der Waals surface area contributed by atoms with Crippen molar-refractivity contribution in [2.45, 2.75) is 110 Å². The summed E-state index contributed by atoms with van der Waals surface area (Å²) in [5, 5.41) is 11.5. The van der Waals surface area contributed by atoms with Crippen molar-refractivity contribution in [3.05, 3.63) is 71.8 Å². The topological polar surface area (TPSA) is 92.2 Å². The average molecular weight is 715 g/mol. The van der Waals surface area contributed by atoms with Crippen molar-refractivity contribution in [1.82, 2.24) is 24.5 Å². The number of hydrogen-bond donors (Lipinski definition) is 1. The molecular formula is C42H62N6O4. The Morgan fingerprint density at radius 3 is 2.10 bits per heavy atom. The number of nitrogens with zero attached hydrogens (tertiary/aromatic N) is 6. The van der Waals surface area contributed by atoms with E-state index in [1.165, 1.54) is 24.8 Å². The summed E-state index contributed by atoms with van der Waals surface area (Å²) in [5.41, 5.74) is 1.31. The molecule has 10 heteroatoms. The number of likely N-dealkylation sites (tertiary alicyclic amines) is 3. The Bertz CT molecular complexity index is 1510. The zero-order chi connectivity index (χ0) is 37.0. The van der Waals surface area contributed by atoms with Gasteiger partial charge in [0, 0.05) is 51.2 Å². The van der Waals surface area contributed by atoms with Crippen LogP contribution in [0.25, 0.3) is 0 Å². The second kappa shape index (κ2) is 16.2. The maximum absolute atomic E-state index is 15.1. The number of carbonyl (C=O) groups is 2. The average Bonchev–Trinajstić information content (AvgIpc) is 3.70. The number of amides is 3. The lowest BCUT2D eigenvalue weighted by atomic mass is 9.83. The lowest BCUT2D eigenvalue weighted by Crippen LogP contribution is -2.61. The number of hydrogen-bond acceptors (Lipinski definition) is 7. The molecule has 3 saturated heterocycles. The summed E-state index contributed by atoms with van der Waals surface area (Å²) in [6.07, 6.45) is 4.55. The van der Waals surface area contributed by atoms with Crippen molar-refractivity contribution >= 4 is 18.0 Å². The number of aliphatic hydroxyl groups excluding tert-OH is 1. The quantitative estimate of drug-likeness (QED) is 0.329. The van der Waals surface area contributed by atoms with E-state index in [0.29, 0.717) is 45.3 Å². The third-order valence-corrected chi connectivity index (χ3v) is 11.2. The first kappa shape index (κ1) is 38.1. The number of aliphatic imine (C=N–C) groups is 1. The molecule has 1 N–H and O–H groups in total. The van der Waals surface area contributed by atoms with Crippen LogP contribution in [0.15, 0.2) is 65.7 Å². The first-order valence-electron chi connectivity index (χ1n) is 19.6. The first-order valence-corrected chi connectivity index (χ1v) is 19.6. The molecule has 6 rings (SSSR count). The standard InChI is InChI=1S/C42H62N6O4/c1-41(2,3)37(38-43-35(32-18-12-8-13-19-32)29-46(38)26-31-16-10-7-11-17-31)48(28-33-27-47(30-36(33)49)40(51)52-42(4,5)6)39(50)45-24-20-34(21-25-45)44-22-14-9-15-23-44/h7-8,10-13,16-19,33-37,49H,9,14-15,20-30H2,1-6H3/t33-,35?,36+,37+/m1/s1. The van der Waals surface area contributed by atoms with E-state index in [0.717, 1.165) is 37.3 Å². The molecule has 4 heterocycles. The lowest BCUT2D eigenvalue weighted by Gasteiger charge is -2.47. The number of carbonyl (C=O) groups excluding carboxylic acids is 2. The molecule has 0 saturated carbocycles. The molecule has 284 valence electrons. The van der Waals surface area contributed by atoms with Crippen LogP contribution < -0.4 is 0 Å². The van der Waals surface area contributed by atoms with Gasteiger partial charge in [-0.05, 0) is 76.1 Å². The predicted octanol–water partition coefficient (Wildman–Crippen LogP) is 6.66. The molecule has 3 fully saturated rings. The van der Waals surface area contributed by atoms with Crippen LogP contribution in [-0.4, -0.2) is 124 Å². The van der Waals surface area contributed by atoms with Gasteiger partial charge < -0.3 is 34.3 Å². The van der Waals surface area contributed by atoms with Crippen molar-refractivity contribution in [2.75, 3.05) is 52.4 Å². The molecule has 0 aromatic heterocycles. The van der Waals surface area contributed by atoms with Gasteiger partial charge in [0.1, 0.15) is 11.4 Å². The highest BCUT2D eigenvalue weighted by molar-refractivity contribution is 5.93. The van der Waals surface area contributed by atoms with Crippen molar-refractivity contribution in [3.63, 3.8) is 0 Å². The number of aliphatic hydroxyl groups is 1. The first-order chi connectivity index (χ1) is 24.8. The van der Waals surface area contributed by atoms with Gasteiger partial charge in [0.05, 0.1) is 24.7 Å². The largest absolute Gasteiger partial charge is 0.444 e. The number of amidine groups is 1. The van der Waals surface area contributed by atoms with Gasteiger partial charge in [-0.2, -0.15) is 0 Å². The monoisotopic (exact) mass is 714 g/mol. The Hall–Kier alpha value is -3.63.